The second-order valence-electron chi connectivity index (χ2n) is 22.5. The van der Waals surface area contributed by atoms with Crippen LogP contribution in [-0.2, 0) is 87.3 Å². The molecule has 0 spiro atoms. The highest BCUT2D eigenvalue weighted by atomic mass is 16.6. The van der Waals surface area contributed by atoms with Gasteiger partial charge in [-0.3, -0.25) is 39.0 Å². The molecule has 3 atom stereocenters. The Hall–Kier alpha value is -5.80. The average Bonchev–Trinajstić information content (AvgIpc) is 3.51. The van der Waals surface area contributed by atoms with E-state index in [-0.39, 0.29) is 69.5 Å². The van der Waals surface area contributed by atoms with Crippen LogP contribution in [0, 0.1) is 5.92 Å². The third-order valence-electron chi connectivity index (χ3n) is 12.3. The van der Waals surface area contributed by atoms with E-state index in [2.05, 4.69) is 33.5 Å². The Bertz CT molecular complexity index is 2100. The molecule has 1 aromatic carbocycles. The number of hydrogen-bond donors (Lipinski definition) is 5. The van der Waals surface area contributed by atoms with Crippen molar-refractivity contribution < 1.29 is 90.5 Å². The molecule has 7 amide bonds. The van der Waals surface area contributed by atoms with E-state index in [1.54, 1.807) is 60.6 Å². The van der Waals surface area contributed by atoms with Crippen LogP contribution in [0.1, 0.15) is 132 Å². The van der Waals surface area contributed by atoms with Crippen molar-refractivity contribution in [3.8, 4) is 0 Å². The summed E-state index contributed by atoms with van der Waals surface area (Å²) in [6.07, 6.45) is 9.07. The number of alkyl carbamates (subject to hydrolysis) is 1. The first-order chi connectivity index (χ1) is 41.1. The van der Waals surface area contributed by atoms with Crippen LogP contribution in [0.25, 0.3) is 0 Å². The standard InChI is InChI=1S/C61H102N6O19/c1-9-10-11-12-14-26-63-56(72)51(66-52(68)18-16-27-67-54(70)23-24-55(67)71)17-13-15-25-62-53(69)46-83-41-40-81-37-36-79-33-32-77-29-28-76-30-31-78-34-35-80-38-39-82-42-43-84-58(74)64-49-21-19-48(20-22-49)45-50(65-59(75)86-61(6,7)8)44-47(2)57(73)85-60(3,4)5/h19-24,47,50-51H,9-18,25-46H2,1-8H3,(H,62,69)(H,63,72)(H,64,74)(H,65,75)(H,66,68)/t47-,50+,51-/m0/s1. The van der Waals surface area contributed by atoms with Crippen LogP contribution in [0.15, 0.2) is 36.4 Å². The fourth-order valence-corrected chi connectivity index (χ4v) is 8.05. The minimum atomic E-state index is -0.741. The number of carbonyl (C=O) groups is 8. The molecule has 1 aliphatic rings. The molecule has 490 valence electrons. The fraction of sp³-hybridized carbons (Fsp3) is 0.738. The number of rotatable bonds is 50. The molecule has 0 aliphatic carbocycles. The van der Waals surface area contributed by atoms with Crippen molar-refractivity contribution >= 4 is 53.4 Å². The van der Waals surface area contributed by atoms with E-state index in [0.717, 1.165) is 42.6 Å². The first kappa shape index (κ1) is 76.3. The number of unbranched alkanes of at least 4 members (excludes halogenated alkanes) is 5. The summed E-state index contributed by atoms with van der Waals surface area (Å²) in [5.74, 6) is -2.50. The Morgan fingerprint density at radius 1 is 0.535 bits per heavy atom. The summed E-state index contributed by atoms with van der Waals surface area (Å²) < 4.78 is 60.2. The van der Waals surface area contributed by atoms with Gasteiger partial charge in [-0.05, 0) is 104 Å². The quantitative estimate of drug-likeness (QED) is 0.0225. The largest absolute Gasteiger partial charge is 0.460 e. The summed E-state index contributed by atoms with van der Waals surface area (Å²) in [5, 5.41) is 14.1. The van der Waals surface area contributed by atoms with Crippen molar-refractivity contribution in [2.24, 2.45) is 5.92 Å². The molecule has 1 heterocycles. The molecule has 25 nitrogen and oxygen atoms in total. The first-order valence-electron chi connectivity index (χ1n) is 30.4. The number of amides is 7. The van der Waals surface area contributed by atoms with E-state index >= 15 is 0 Å². The Labute approximate surface area is 509 Å². The Balaban J connectivity index is 1.39. The molecule has 86 heavy (non-hydrogen) atoms. The SMILES string of the molecule is CCCCCCCNC(=O)[C@H](CCCCNC(=O)COCCOCCOCCOCCOCCOCCOCCOCCOC(=O)Nc1ccc(C[C@@H](C[C@H](C)C(=O)OC(C)(C)C)NC(=O)OC(C)(C)C)cc1)NC(=O)CCCN1C(=O)C=CC1=O. The molecule has 0 saturated carbocycles. The maximum absolute atomic E-state index is 13.0. The van der Waals surface area contributed by atoms with Gasteiger partial charge in [0.05, 0.1) is 105 Å². The molecule has 0 bridgehead atoms. The number of ether oxygens (including phenoxy) is 11. The minimum absolute atomic E-state index is 0.0463. The van der Waals surface area contributed by atoms with E-state index in [0.29, 0.717) is 137 Å². The van der Waals surface area contributed by atoms with Crippen molar-refractivity contribution in [1.29, 1.82) is 0 Å². The number of benzene rings is 1. The Morgan fingerprint density at radius 3 is 1.55 bits per heavy atom. The van der Waals surface area contributed by atoms with E-state index in [1.807, 2.05) is 12.1 Å². The lowest BCUT2D eigenvalue weighted by Crippen LogP contribution is -2.47. The van der Waals surface area contributed by atoms with Crippen LogP contribution in [-0.4, -0.2) is 208 Å². The molecule has 5 N–H and O–H groups in total. The third kappa shape index (κ3) is 41.3. The summed E-state index contributed by atoms with van der Waals surface area (Å²) in [7, 11) is 0. The molecule has 0 fully saturated rings. The Kier molecular flexibility index (Phi) is 41.1. The molecule has 1 aromatic rings. The van der Waals surface area contributed by atoms with Gasteiger partial charge < -0.3 is 73.4 Å². The molecule has 0 radical (unpaired) electrons. The van der Waals surface area contributed by atoms with Gasteiger partial charge in [-0.25, -0.2) is 9.59 Å². The highest BCUT2D eigenvalue weighted by Gasteiger charge is 2.28. The molecule has 1 aliphatic heterocycles. The van der Waals surface area contributed by atoms with E-state index in [1.165, 1.54) is 12.2 Å². The summed E-state index contributed by atoms with van der Waals surface area (Å²) in [4.78, 5) is 100. The Morgan fingerprint density at radius 2 is 1.02 bits per heavy atom. The number of carbonyl (C=O) groups excluding carboxylic acids is 8. The van der Waals surface area contributed by atoms with Gasteiger partial charge in [0.2, 0.25) is 17.7 Å². The number of hydrogen-bond acceptors (Lipinski definition) is 19. The van der Waals surface area contributed by atoms with Gasteiger partial charge in [0.1, 0.15) is 30.5 Å². The van der Waals surface area contributed by atoms with Gasteiger partial charge in [0.15, 0.2) is 0 Å². The highest BCUT2D eigenvalue weighted by molar-refractivity contribution is 6.12. The molecule has 2 rings (SSSR count). The lowest BCUT2D eigenvalue weighted by molar-refractivity contribution is -0.159. The maximum Gasteiger partial charge on any atom is 0.411 e. The van der Waals surface area contributed by atoms with Crippen molar-refractivity contribution in [1.82, 2.24) is 26.2 Å². The lowest BCUT2D eigenvalue weighted by Gasteiger charge is -2.27. The van der Waals surface area contributed by atoms with Gasteiger partial charge >= 0.3 is 18.2 Å². The van der Waals surface area contributed by atoms with Crippen LogP contribution >= 0.6 is 0 Å². The molecule has 0 unspecified atom stereocenters. The monoisotopic (exact) mass is 1220 g/mol. The van der Waals surface area contributed by atoms with Gasteiger partial charge in [0, 0.05) is 49.9 Å². The average molecular weight is 1220 g/mol. The zero-order chi connectivity index (χ0) is 63.3. The molecular formula is C61H102N6O19. The number of nitrogens with zero attached hydrogens (tertiary/aromatic N) is 1. The van der Waals surface area contributed by atoms with Crippen molar-refractivity contribution in [2.75, 3.05) is 137 Å². The summed E-state index contributed by atoms with van der Waals surface area (Å²) in [5.41, 5.74) is 0.0742. The highest BCUT2D eigenvalue weighted by Crippen LogP contribution is 2.20. The number of imide groups is 1. The third-order valence-corrected chi connectivity index (χ3v) is 12.3. The summed E-state index contributed by atoms with van der Waals surface area (Å²) in [6.45, 7) is 20.9. The smallest absolute Gasteiger partial charge is 0.411 e. The normalized spacial score (nSPS) is 13.5. The van der Waals surface area contributed by atoms with Crippen LogP contribution in [0.4, 0.5) is 15.3 Å². The number of anilines is 1. The topological polar surface area (TPSA) is 301 Å². The second-order valence-corrected chi connectivity index (χ2v) is 22.5. The fourth-order valence-electron chi connectivity index (χ4n) is 8.05. The summed E-state index contributed by atoms with van der Waals surface area (Å²) >= 11 is 0. The first-order valence-corrected chi connectivity index (χ1v) is 30.4. The lowest BCUT2D eigenvalue weighted by atomic mass is 9.96. The molecule has 25 heteroatoms. The van der Waals surface area contributed by atoms with Crippen molar-refractivity contribution in [2.45, 2.75) is 156 Å². The van der Waals surface area contributed by atoms with E-state index in [9.17, 15) is 38.4 Å². The zero-order valence-corrected chi connectivity index (χ0v) is 52.5. The van der Waals surface area contributed by atoms with Gasteiger partial charge in [-0.1, -0.05) is 51.7 Å². The van der Waals surface area contributed by atoms with Gasteiger partial charge in [-0.15, -0.1) is 0 Å². The van der Waals surface area contributed by atoms with Crippen LogP contribution in [0.2, 0.25) is 0 Å². The summed E-state index contributed by atoms with van der Waals surface area (Å²) in [6, 6.07) is 5.94. The second kappa shape index (κ2) is 46.4. The maximum atomic E-state index is 13.0. The molecule has 0 saturated heterocycles. The van der Waals surface area contributed by atoms with Gasteiger partial charge in [-0.2, -0.15) is 0 Å². The van der Waals surface area contributed by atoms with Gasteiger partial charge in [0.25, 0.3) is 11.8 Å². The minimum Gasteiger partial charge on any atom is -0.460 e. The zero-order valence-electron chi connectivity index (χ0n) is 52.5. The van der Waals surface area contributed by atoms with E-state index in [4.69, 9.17) is 52.1 Å². The van der Waals surface area contributed by atoms with Crippen LogP contribution < -0.4 is 26.6 Å². The van der Waals surface area contributed by atoms with Crippen molar-refractivity contribution in [3.63, 3.8) is 0 Å². The molecule has 0 aromatic heterocycles. The predicted octanol–water partition coefficient (Wildman–Crippen LogP) is 5.73. The van der Waals surface area contributed by atoms with Crippen LogP contribution in [0.5, 0.6) is 0 Å². The van der Waals surface area contributed by atoms with Crippen LogP contribution in [0.3, 0.4) is 0 Å². The predicted molar refractivity (Wildman–Crippen MR) is 320 cm³/mol. The number of nitrogens with one attached hydrogen (secondary N) is 5. The number of esters is 1. The van der Waals surface area contributed by atoms with Crippen molar-refractivity contribution in [3.05, 3.63) is 42.0 Å². The van der Waals surface area contributed by atoms with E-state index < -0.39 is 53.2 Å². The molecular weight excluding hydrogens is 1120 g/mol.